The molecule has 1 heterocycles. The lowest BCUT2D eigenvalue weighted by Gasteiger charge is -2.17. The van der Waals surface area contributed by atoms with Gasteiger partial charge >= 0.3 is 0 Å². The van der Waals surface area contributed by atoms with E-state index in [1.165, 1.54) is 11.3 Å². The number of carbonyl (C=O) groups is 1. The Hall–Kier alpha value is -1.91. The zero-order valence-electron chi connectivity index (χ0n) is 12.2. The van der Waals surface area contributed by atoms with E-state index < -0.39 is 5.24 Å². The number of anilines is 1. The van der Waals surface area contributed by atoms with E-state index in [1.54, 1.807) is 18.2 Å². The van der Waals surface area contributed by atoms with E-state index in [1.807, 2.05) is 25.2 Å². The predicted octanol–water partition coefficient (Wildman–Crippen LogP) is 4.25. The summed E-state index contributed by atoms with van der Waals surface area (Å²) in [7, 11) is 1.99. The van der Waals surface area contributed by atoms with E-state index in [0.29, 0.717) is 16.3 Å². The minimum absolute atomic E-state index is 0.0105. The van der Waals surface area contributed by atoms with E-state index in [4.69, 9.17) is 11.6 Å². The molecule has 22 heavy (non-hydrogen) atoms. The zero-order valence-corrected chi connectivity index (χ0v) is 13.8. The molecule has 3 aromatic rings. The SMILES string of the molecule is CCN(C)c1ccc2sc3cc(C(=O)Cl)ccc3c(=O)c2c1. The van der Waals surface area contributed by atoms with Gasteiger partial charge < -0.3 is 4.90 Å². The van der Waals surface area contributed by atoms with Gasteiger partial charge in [-0.3, -0.25) is 9.59 Å². The third-order valence-corrected chi connectivity index (χ3v) is 5.15. The minimum atomic E-state index is -0.512. The van der Waals surface area contributed by atoms with E-state index in [-0.39, 0.29) is 5.43 Å². The Balaban J connectivity index is 2.31. The normalized spacial score (nSPS) is 11.0. The Morgan fingerprint density at radius 3 is 2.59 bits per heavy atom. The van der Waals surface area contributed by atoms with Crippen LogP contribution in [0.15, 0.2) is 41.2 Å². The molecule has 5 heteroatoms. The molecule has 0 spiro atoms. The predicted molar refractivity (Wildman–Crippen MR) is 94.7 cm³/mol. The van der Waals surface area contributed by atoms with Crippen molar-refractivity contribution in [1.29, 1.82) is 0 Å². The fourth-order valence-corrected chi connectivity index (χ4v) is 3.59. The first-order chi connectivity index (χ1) is 10.5. The second-order valence-electron chi connectivity index (χ2n) is 5.11. The highest BCUT2D eigenvalue weighted by Gasteiger charge is 2.10. The summed E-state index contributed by atoms with van der Waals surface area (Å²) in [5, 5.41) is 0.817. The van der Waals surface area contributed by atoms with Crippen LogP contribution < -0.4 is 10.3 Å². The fraction of sp³-hybridized carbons (Fsp3) is 0.176. The van der Waals surface area contributed by atoms with Crippen LogP contribution in [0.4, 0.5) is 5.69 Å². The summed E-state index contributed by atoms with van der Waals surface area (Å²) in [6.45, 7) is 2.94. The number of hydrogen-bond acceptors (Lipinski definition) is 4. The molecular weight excluding hydrogens is 318 g/mol. The van der Waals surface area contributed by atoms with Gasteiger partial charge in [0, 0.05) is 45.0 Å². The highest BCUT2D eigenvalue weighted by Crippen LogP contribution is 2.28. The van der Waals surface area contributed by atoms with Gasteiger partial charge in [-0.25, -0.2) is 0 Å². The number of rotatable bonds is 3. The summed E-state index contributed by atoms with van der Waals surface area (Å²) in [6.07, 6.45) is 0. The molecule has 2 aromatic carbocycles. The molecule has 0 fully saturated rings. The average molecular weight is 332 g/mol. The standard InChI is InChI=1S/C17H14ClNO2S/c1-3-19(2)11-5-7-14-13(9-11)16(20)12-6-4-10(17(18)21)8-15(12)22-14/h4-9H,3H2,1-2H3. The van der Waals surface area contributed by atoms with Crippen molar-refractivity contribution in [2.45, 2.75) is 6.92 Å². The molecule has 0 radical (unpaired) electrons. The molecule has 0 unspecified atom stereocenters. The Labute approximate surface area is 136 Å². The van der Waals surface area contributed by atoms with Crippen molar-refractivity contribution in [1.82, 2.24) is 0 Å². The number of carbonyl (C=O) groups excluding carboxylic acids is 1. The van der Waals surface area contributed by atoms with Crippen molar-refractivity contribution < 1.29 is 4.79 Å². The zero-order chi connectivity index (χ0) is 15.9. The van der Waals surface area contributed by atoms with Gasteiger partial charge in [0.2, 0.25) is 0 Å². The second kappa shape index (κ2) is 5.71. The van der Waals surface area contributed by atoms with E-state index >= 15 is 0 Å². The maximum atomic E-state index is 12.7. The third kappa shape index (κ3) is 2.49. The van der Waals surface area contributed by atoms with Gasteiger partial charge in [-0.2, -0.15) is 0 Å². The first kappa shape index (κ1) is 15.0. The van der Waals surface area contributed by atoms with Crippen LogP contribution in [0.1, 0.15) is 17.3 Å². The molecule has 0 aliphatic heterocycles. The van der Waals surface area contributed by atoms with Crippen LogP contribution in [0, 0.1) is 0 Å². The lowest BCUT2D eigenvalue weighted by molar-refractivity contribution is 0.108. The Bertz CT molecular complexity index is 948. The summed E-state index contributed by atoms with van der Waals surface area (Å²) >= 11 is 7.01. The van der Waals surface area contributed by atoms with Gasteiger partial charge in [0.05, 0.1) is 0 Å². The summed E-state index contributed by atoms with van der Waals surface area (Å²) in [4.78, 5) is 26.1. The maximum absolute atomic E-state index is 12.7. The van der Waals surface area contributed by atoms with Crippen molar-refractivity contribution in [3.8, 4) is 0 Å². The van der Waals surface area contributed by atoms with Crippen molar-refractivity contribution in [2.75, 3.05) is 18.5 Å². The van der Waals surface area contributed by atoms with Gasteiger partial charge in [-0.15, -0.1) is 11.3 Å². The van der Waals surface area contributed by atoms with Crippen LogP contribution in [0.2, 0.25) is 0 Å². The summed E-state index contributed by atoms with van der Waals surface area (Å²) in [5.41, 5.74) is 1.42. The monoisotopic (exact) mass is 331 g/mol. The fourth-order valence-electron chi connectivity index (χ4n) is 2.38. The Morgan fingerprint density at radius 1 is 1.14 bits per heavy atom. The molecule has 0 saturated heterocycles. The van der Waals surface area contributed by atoms with E-state index in [9.17, 15) is 9.59 Å². The molecule has 0 atom stereocenters. The lowest BCUT2D eigenvalue weighted by Crippen LogP contribution is -2.16. The first-order valence-electron chi connectivity index (χ1n) is 6.93. The third-order valence-electron chi connectivity index (χ3n) is 3.80. The summed E-state index contributed by atoms with van der Waals surface area (Å²) in [6, 6.07) is 10.8. The quantitative estimate of drug-likeness (QED) is 0.532. The maximum Gasteiger partial charge on any atom is 0.252 e. The number of benzene rings is 2. The summed E-state index contributed by atoms with van der Waals surface area (Å²) in [5.74, 6) is 0. The van der Waals surface area contributed by atoms with Crippen molar-refractivity contribution in [2.24, 2.45) is 0 Å². The molecule has 0 saturated carbocycles. The summed E-state index contributed by atoms with van der Waals surface area (Å²) < 4.78 is 1.69. The number of hydrogen-bond donors (Lipinski definition) is 0. The Morgan fingerprint density at radius 2 is 1.91 bits per heavy atom. The molecule has 3 nitrogen and oxygen atoms in total. The molecule has 0 aliphatic carbocycles. The van der Waals surface area contributed by atoms with Gasteiger partial charge in [-0.05, 0) is 54.9 Å². The van der Waals surface area contributed by atoms with Crippen LogP contribution in [-0.2, 0) is 0 Å². The smallest absolute Gasteiger partial charge is 0.252 e. The molecule has 112 valence electrons. The highest BCUT2D eigenvalue weighted by atomic mass is 35.5. The van der Waals surface area contributed by atoms with E-state index in [0.717, 1.165) is 21.6 Å². The lowest BCUT2D eigenvalue weighted by atomic mass is 10.1. The van der Waals surface area contributed by atoms with Crippen LogP contribution in [0.3, 0.4) is 0 Å². The van der Waals surface area contributed by atoms with Crippen molar-refractivity contribution >= 4 is 54.0 Å². The number of halogens is 1. The molecular formula is C17H14ClNO2S. The topological polar surface area (TPSA) is 37.4 Å². The van der Waals surface area contributed by atoms with E-state index in [2.05, 4.69) is 11.8 Å². The van der Waals surface area contributed by atoms with Gasteiger partial charge in [0.15, 0.2) is 5.43 Å². The molecule has 1 aromatic heterocycles. The first-order valence-corrected chi connectivity index (χ1v) is 8.12. The Kier molecular flexibility index (Phi) is 3.89. The molecule has 0 bridgehead atoms. The van der Waals surface area contributed by atoms with Gasteiger partial charge in [-0.1, -0.05) is 0 Å². The van der Waals surface area contributed by atoms with Crippen LogP contribution in [0.5, 0.6) is 0 Å². The average Bonchev–Trinajstić information content (AvgIpc) is 2.53. The molecule has 3 rings (SSSR count). The van der Waals surface area contributed by atoms with Crippen LogP contribution in [0.25, 0.3) is 20.2 Å². The van der Waals surface area contributed by atoms with Crippen LogP contribution in [-0.4, -0.2) is 18.8 Å². The largest absolute Gasteiger partial charge is 0.375 e. The molecule has 0 aliphatic rings. The van der Waals surface area contributed by atoms with Gasteiger partial charge in [0.1, 0.15) is 0 Å². The molecule has 0 amide bonds. The number of fused-ring (bicyclic) bond motifs is 2. The van der Waals surface area contributed by atoms with Crippen LogP contribution >= 0.6 is 22.9 Å². The minimum Gasteiger partial charge on any atom is -0.375 e. The number of nitrogens with zero attached hydrogens (tertiary/aromatic N) is 1. The van der Waals surface area contributed by atoms with Crippen molar-refractivity contribution in [3.63, 3.8) is 0 Å². The van der Waals surface area contributed by atoms with Gasteiger partial charge in [0.25, 0.3) is 5.24 Å². The second-order valence-corrected chi connectivity index (χ2v) is 6.54. The van der Waals surface area contributed by atoms with Crippen molar-refractivity contribution in [3.05, 3.63) is 52.2 Å². The highest BCUT2D eigenvalue weighted by molar-refractivity contribution is 7.24. The molecule has 0 N–H and O–H groups in total.